The van der Waals surface area contributed by atoms with Crippen molar-refractivity contribution in [1.82, 2.24) is 4.31 Å². The predicted octanol–water partition coefficient (Wildman–Crippen LogP) is 2.81. The number of piperidine rings is 1. The minimum atomic E-state index is -3.44. The van der Waals surface area contributed by atoms with Crippen LogP contribution in [0, 0.1) is 5.92 Å². The van der Waals surface area contributed by atoms with Gasteiger partial charge in [0.25, 0.3) is 0 Å². The van der Waals surface area contributed by atoms with E-state index in [0.29, 0.717) is 30.8 Å². The molecule has 27 heavy (non-hydrogen) atoms. The van der Waals surface area contributed by atoms with Crippen molar-refractivity contribution in [2.75, 3.05) is 22.9 Å². The fraction of sp³-hybridized carbons (Fsp3) is 0.579. The van der Waals surface area contributed by atoms with Gasteiger partial charge in [-0.25, -0.2) is 8.42 Å². The average molecular weight is 396 g/mol. The Hall–Kier alpha value is -1.93. The Morgan fingerprint density at radius 2 is 1.85 bits per heavy atom. The van der Waals surface area contributed by atoms with Gasteiger partial charge < -0.3 is 10.6 Å². The molecule has 0 aromatic heterocycles. The molecule has 8 heteroatoms. The number of carbonyl (C=O) groups is 2. The first-order chi connectivity index (χ1) is 12.7. The molecule has 2 amide bonds. The molecule has 1 heterocycles. The average Bonchev–Trinajstić information content (AvgIpc) is 2.62. The number of benzene rings is 1. The Balaban J connectivity index is 2.12. The second kappa shape index (κ2) is 9.32. The van der Waals surface area contributed by atoms with E-state index in [4.69, 9.17) is 0 Å². The summed E-state index contributed by atoms with van der Waals surface area (Å²) in [5.41, 5.74) is 1.12. The first-order valence-electron chi connectivity index (χ1n) is 9.46. The molecule has 0 bridgehead atoms. The minimum absolute atomic E-state index is 0.0491. The summed E-state index contributed by atoms with van der Waals surface area (Å²) < 4.78 is 26.3. The maximum absolute atomic E-state index is 12.8. The molecule has 2 rings (SSSR count). The number of nitrogens with one attached hydrogen (secondary N) is 2. The van der Waals surface area contributed by atoms with Gasteiger partial charge in [-0.2, -0.15) is 4.31 Å². The van der Waals surface area contributed by atoms with Gasteiger partial charge in [-0.15, -0.1) is 0 Å². The number of nitrogens with zero attached hydrogens (tertiary/aromatic N) is 1. The number of hydrogen-bond acceptors (Lipinski definition) is 4. The van der Waals surface area contributed by atoms with E-state index in [9.17, 15) is 18.0 Å². The summed E-state index contributed by atoms with van der Waals surface area (Å²) in [5, 5.41) is 5.59. The highest BCUT2D eigenvalue weighted by molar-refractivity contribution is 7.89. The lowest BCUT2D eigenvalue weighted by atomic mass is 10.0. The molecule has 1 unspecified atom stereocenters. The predicted molar refractivity (Wildman–Crippen MR) is 107 cm³/mol. The van der Waals surface area contributed by atoms with Crippen LogP contribution in [-0.4, -0.2) is 42.9 Å². The van der Waals surface area contributed by atoms with Gasteiger partial charge in [0.2, 0.25) is 21.8 Å². The van der Waals surface area contributed by atoms with E-state index in [-0.39, 0.29) is 23.5 Å². The van der Waals surface area contributed by atoms with E-state index in [2.05, 4.69) is 10.6 Å². The second-order valence-corrected chi connectivity index (χ2v) is 9.19. The third-order valence-corrected chi connectivity index (χ3v) is 6.57. The van der Waals surface area contributed by atoms with Crippen LogP contribution in [-0.2, 0) is 19.6 Å². The summed E-state index contributed by atoms with van der Waals surface area (Å²) >= 11 is 0. The summed E-state index contributed by atoms with van der Waals surface area (Å²) in [4.78, 5) is 24.6. The molecule has 1 aromatic rings. The second-order valence-electron chi connectivity index (χ2n) is 7.15. The molecule has 2 N–H and O–H groups in total. The largest absolute Gasteiger partial charge is 0.326 e. The van der Waals surface area contributed by atoms with Crippen molar-refractivity contribution in [3.8, 4) is 0 Å². The van der Waals surface area contributed by atoms with Crippen molar-refractivity contribution < 1.29 is 18.0 Å². The van der Waals surface area contributed by atoms with Gasteiger partial charge in [-0.05, 0) is 37.5 Å². The van der Waals surface area contributed by atoms with Gasteiger partial charge in [0.15, 0.2) is 0 Å². The van der Waals surface area contributed by atoms with Crippen LogP contribution in [0.15, 0.2) is 24.3 Å². The fourth-order valence-electron chi connectivity index (χ4n) is 3.06. The molecular weight excluding hydrogens is 366 g/mol. The van der Waals surface area contributed by atoms with Gasteiger partial charge in [0.1, 0.15) is 6.04 Å². The molecule has 1 saturated heterocycles. The van der Waals surface area contributed by atoms with E-state index in [0.717, 1.165) is 12.8 Å². The summed E-state index contributed by atoms with van der Waals surface area (Å²) in [6, 6.07) is 6.18. The molecular formula is C19H29N3O4S. The molecule has 1 aromatic carbocycles. The summed E-state index contributed by atoms with van der Waals surface area (Å²) in [7, 11) is -3.44. The zero-order valence-corrected chi connectivity index (χ0v) is 17.0. The van der Waals surface area contributed by atoms with Crippen LogP contribution in [0.1, 0.15) is 46.5 Å². The van der Waals surface area contributed by atoms with E-state index < -0.39 is 16.1 Å². The maximum Gasteiger partial charge on any atom is 0.242 e. The number of amides is 2. The third kappa shape index (κ3) is 5.77. The topological polar surface area (TPSA) is 95.6 Å². The number of carbonyl (C=O) groups excluding carboxylic acids is 2. The Morgan fingerprint density at radius 1 is 1.19 bits per heavy atom. The van der Waals surface area contributed by atoms with Crippen LogP contribution in [0.2, 0.25) is 0 Å². The molecule has 0 aliphatic carbocycles. The number of rotatable bonds is 7. The van der Waals surface area contributed by atoms with Crippen molar-refractivity contribution >= 4 is 33.2 Å². The zero-order valence-electron chi connectivity index (χ0n) is 16.2. The van der Waals surface area contributed by atoms with E-state index in [1.807, 2.05) is 6.92 Å². The monoisotopic (exact) mass is 395 g/mol. The summed E-state index contributed by atoms with van der Waals surface area (Å²) in [6.07, 6.45) is 2.62. The Kier molecular flexibility index (Phi) is 7.38. The number of hydrogen-bond donors (Lipinski definition) is 2. The SMILES string of the molecule is CCCS(=O)(=O)N1CCCCC1C(=O)Nc1cccc(NC(=O)C(C)C)c1. The smallest absolute Gasteiger partial charge is 0.242 e. The van der Waals surface area contributed by atoms with Crippen LogP contribution >= 0.6 is 0 Å². The Morgan fingerprint density at radius 3 is 2.48 bits per heavy atom. The lowest BCUT2D eigenvalue weighted by Crippen LogP contribution is -2.50. The van der Waals surface area contributed by atoms with Gasteiger partial charge in [-0.1, -0.05) is 33.3 Å². The van der Waals surface area contributed by atoms with Crippen molar-refractivity contribution in [3.63, 3.8) is 0 Å². The zero-order chi connectivity index (χ0) is 20.0. The lowest BCUT2D eigenvalue weighted by Gasteiger charge is -2.33. The first kappa shape index (κ1) is 21.4. The van der Waals surface area contributed by atoms with Gasteiger partial charge in [-0.3, -0.25) is 9.59 Å². The van der Waals surface area contributed by atoms with Crippen LogP contribution in [0.5, 0.6) is 0 Å². The van der Waals surface area contributed by atoms with Crippen LogP contribution in [0.4, 0.5) is 11.4 Å². The van der Waals surface area contributed by atoms with Crippen molar-refractivity contribution in [2.24, 2.45) is 5.92 Å². The Bertz CT molecular complexity index is 777. The van der Waals surface area contributed by atoms with Crippen LogP contribution in [0.25, 0.3) is 0 Å². The van der Waals surface area contributed by atoms with Crippen LogP contribution in [0.3, 0.4) is 0 Å². The van der Waals surface area contributed by atoms with Crippen molar-refractivity contribution in [1.29, 1.82) is 0 Å². The molecule has 1 atom stereocenters. The van der Waals surface area contributed by atoms with Gasteiger partial charge >= 0.3 is 0 Å². The molecule has 0 radical (unpaired) electrons. The van der Waals surface area contributed by atoms with Gasteiger partial charge in [0, 0.05) is 23.8 Å². The molecule has 0 saturated carbocycles. The van der Waals surface area contributed by atoms with E-state index in [1.54, 1.807) is 38.1 Å². The third-order valence-electron chi connectivity index (χ3n) is 4.50. The normalized spacial score (nSPS) is 18.3. The lowest BCUT2D eigenvalue weighted by molar-refractivity contribution is -0.120. The summed E-state index contributed by atoms with van der Waals surface area (Å²) in [5.74, 6) is -0.542. The molecule has 1 aliphatic rings. The molecule has 1 fully saturated rings. The summed E-state index contributed by atoms with van der Waals surface area (Å²) in [6.45, 7) is 5.79. The highest BCUT2D eigenvalue weighted by Gasteiger charge is 2.36. The van der Waals surface area contributed by atoms with Crippen molar-refractivity contribution in [3.05, 3.63) is 24.3 Å². The van der Waals surface area contributed by atoms with Crippen LogP contribution < -0.4 is 10.6 Å². The first-order valence-corrected chi connectivity index (χ1v) is 11.1. The highest BCUT2D eigenvalue weighted by Crippen LogP contribution is 2.23. The quantitative estimate of drug-likeness (QED) is 0.742. The van der Waals surface area contributed by atoms with E-state index in [1.165, 1.54) is 4.31 Å². The number of anilines is 2. The number of sulfonamides is 1. The van der Waals surface area contributed by atoms with Crippen molar-refractivity contribution in [2.45, 2.75) is 52.5 Å². The molecule has 0 spiro atoms. The van der Waals surface area contributed by atoms with Gasteiger partial charge in [0.05, 0.1) is 5.75 Å². The Labute approximate surface area is 161 Å². The van der Waals surface area contributed by atoms with E-state index >= 15 is 0 Å². The molecule has 1 aliphatic heterocycles. The maximum atomic E-state index is 12.8. The highest BCUT2D eigenvalue weighted by atomic mass is 32.2. The fourth-order valence-corrected chi connectivity index (χ4v) is 4.81. The molecule has 150 valence electrons. The minimum Gasteiger partial charge on any atom is -0.326 e. The molecule has 7 nitrogen and oxygen atoms in total. The standard InChI is InChI=1S/C19H29N3O4S/c1-4-12-27(25,26)22-11-6-5-10-17(22)19(24)21-16-9-7-8-15(13-16)20-18(23)14(2)3/h7-9,13-14,17H,4-6,10-12H2,1-3H3,(H,20,23)(H,21,24).